The second kappa shape index (κ2) is 3.79. The highest BCUT2D eigenvalue weighted by Crippen LogP contribution is 2.13. The van der Waals surface area contributed by atoms with Crippen molar-refractivity contribution in [1.29, 1.82) is 0 Å². The van der Waals surface area contributed by atoms with Crippen LogP contribution in [0.2, 0.25) is 0 Å². The average Bonchev–Trinajstić information content (AvgIpc) is 1.92. The van der Waals surface area contributed by atoms with Crippen LogP contribution in [0.25, 0.3) is 0 Å². The summed E-state index contributed by atoms with van der Waals surface area (Å²) < 4.78 is 22.6. The van der Waals surface area contributed by atoms with Gasteiger partial charge in [0.05, 0.1) is 11.5 Å². The molecule has 84 valence electrons. The van der Waals surface area contributed by atoms with Gasteiger partial charge in [-0.15, -0.1) is 0 Å². The molecule has 0 aromatic heterocycles. The smallest absolute Gasteiger partial charge is 0.153 e. The largest absolute Gasteiger partial charge is 0.324 e. The van der Waals surface area contributed by atoms with Gasteiger partial charge >= 0.3 is 0 Å². The third-order valence-electron chi connectivity index (χ3n) is 2.42. The van der Waals surface area contributed by atoms with Gasteiger partial charge in [-0.2, -0.15) is 0 Å². The number of hydrogen-bond donors (Lipinski definition) is 1. The molecule has 0 saturated carbocycles. The van der Waals surface area contributed by atoms with Crippen molar-refractivity contribution in [1.82, 2.24) is 4.90 Å². The van der Waals surface area contributed by atoms with E-state index >= 15 is 0 Å². The highest BCUT2D eigenvalue weighted by atomic mass is 32.2. The zero-order valence-electron chi connectivity index (χ0n) is 9.16. The molecule has 1 saturated heterocycles. The van der Waals surface area contributed by atoms with Gasteiger partial charge in [0.1, 0.15) is 0 Å². The van der Waals surface area contributed by atoms with Crippen molar-refractivity contribution < 1.29 is 8.42 Å². The third-order valence-corrected chi connectivity index (χ3v) is 4.21. The Morgan fingerprint density at radius 1 is 1.50 bits per heavy atom. The lowest BCUT2D eigenvalue weighted by Gasteiger charge is -2.37. The fraction of sp³-hybridized carbons (Fsp3) is 1.00. The first-order chi connectivity index (χ1) is 6.20. The molecular formula is C9H20N2O2S. The van der Waals surface area contributed by atoms with Crippen molar-refractivity contribution in [3.63, 3.8) is 0 Å². The fourth-order valence-corrected chi connectivity index (χ4v) is 3.42. The van der Waals surface area contributed by atoms with E-state index in [1.165, 1.54) is 0 Å². The van der Waals surface area contributed by atoms with Gasteiger partial charge in [-0.25, -0.2) is 8.42 Å². The first-order valence-corrected chi connectivity index (χ1v) is 6.75. The van der Waals surface area contributed by atoms with Crippen LogP contribution in [-0.2, 0) is 9.84 Å². The van der Waals surface area contributed by atoms with Crippen LogP contribution in [0.4, 0.5) is 0 Å². The minimum absolute atomic E-state index is 0.0941. The Morgan fingerprint density at radius 2 is 2.07 bits per heavy atom. The van der Waals surface area contributed by atoms with Gasteiger partial charge in [-0.3, -0.25) is 4.90 Å². The van der Waals surface area contributed by atoms with E-state index in [9.17, 15) is 8.42 Å². The van der Waals surface area contributed by atoms with Crippen LogP contribution < -0.4 is 5.73 Å². The van der Waals surface area contributed by atoms with Crippen molar-refractivity contribution in [3.8, 4) is 0 Å². The molecule has 0 spiro atoms. The van der Waals surface area contributed by atoms with E-state index in [1.807, 2.05) is 20.8 Å². The molecule has 0 bridgehead atoms. The van der Waals surface area contributed by atoms with Crippen LogP contribution in [0.15, 0.2) is 0 Å². The second-order valence-corrected chi connectivity index (χ2v) is 7.15. The Kier molecular flexibility index (Phi) is 3.23. The number of hydrogen-bond acceptors (Lipinski definition) is 4. The van der Waals surface area contributed by atoms with Crippen LogP contribution in [0.3, 0.4) is 0 Å². The Morgan fingerprint density at radius 3 is 2.50 bits per heavy atom. The SMILES string of the molecule is CC1CS(=O)(=O)CCN1CC(C)(C)N. The Balaban J connectivity index is 2.59. The predicted octanol–water partition coefficient (Wildman–Crippen LogP) is -0.157. The van der Waals surface area contributed by atoms with Gasteiger partial charge < -0.3 is 5.73 Å². The van der Waals surface area contributed by atoms with E-state index in [0.717, 1.165) is 6.54 Å². The summed E-state index contributed by atoms with van der Waals surface area (Å²) in [5.41, 5.74) is 5.65. The molecule has 14 heavy (non-hydrogen) atoms. The molecule has 1 fully saturated rings. The van der Waals surface area contributed by atoms with Gasteiger partial charge in [-0.05, 0) is 20.8 Å². The van der Waals surface area contributed by atoms with E-state index in [1.54, 1.807) is 0 Å². The highest BCUT2D eigenvalue weighted by Gasteiger charge is 2.30. The van der Waals surface area contributed by atoms with E-state index in [4.69, 9.17) is 5.73 Å². The fourth-order valence-electron chi connectivity index (χ4n) is 1.79. The minimum Gasteiger partial charge on any atom is -0.324 e. The Hall–Kier alpha value is -0.130. The van der Waals surface area contributed by atoms with Gasteiger partial charge in [0.2, 0.25) is 0 Å². The molecule has 0 aromatic carbocycles. The lowest BCUT2D eigenvalue weighted by Crippen LogP contribution is -2.54. The Labute approximate surface area is 86.4 Å². The summed E-state index contributed by atoms with van der Waals surface area (Å²) in [6.45, 7) is 7.24. The molecule has 0 aromatic rings. The summed E-state index contributed by atoms with van der Waals surface area (Å²) in [5.74, 6) is 0.538. The van der Waals surface area contributed by atoms with Crippen molar-refractivity contribution >= 4 is 9.84 Å². The molecule has 0 aliphatic carbocycles. The summed E-state index contributed by atoms with van der Waals surface area (Å²) in [7, 11) is -2.80. The van der Waals surface area contributed by atoms with Gasteiger partial charge in [-0.1, -0.05) is 0 Å². The summed E-state index contributed by atoms with van der Waals surface area (Å²) in [6.07, 6.45) is 0. The maximum atomic E-state index is 11.3. The maximum absolute atomic E-state index is 11.3. The molecule has 1 aliphatic heterocycles. The van der Waals surface area contributed by atoms with Crippen molar-refractivity contribution in [2.75, 3.05) is 24.6 Å². The molecular weight excluding hydrogens is 200 g/mol. The first-order valence-electron chi connectivity index (χ1n) is 4.93. The normalized spacial score (nSPS) is 29.0. The minimum atomic E-state index is -2.80. The molecule has 1 unspecified atom stereocenters. The molecule has 0 radical (unpaired) electrons. The van der Waals surface area contributed by atoms with E-state index in [0.29, 0.717) is 6.54 Å². The number of nitrogens with zero attached hydrogens (tertiary/aromatic N) is 1. The van der Waals surface area contributed by atoms with Crippen LogP contribution in [0, 0.1) is 0 Å². The standard InChI is InChI=1S/C9H20N2O2S/c1-8-6-14(12,13)5-4-11(8)7-9(2,3)10/h8H,4-7,10H2,1-3H3. The topological polar surface area (TPSA) is 63.4 Å². The molecule has 2 N–H and O–H groups in total. The average molecular weight is 220 g/mol. The zero-order chi connectivity index (χ0) is 11.0. The van der Waals surface area contributed by atoms with Gasteiger partial charge in [0, 0.05) is 24.7 Å². The molecule has 1 aliphatic rings. The monoisotopic (exact) mass is 220 g/mol. The number of sulfone groups is 1. The quantitative estimate of drug-likeness (QED) is 0.702. The number of nitrogens with two attached hydrogens (primary N) is 1. The van der Waals surface area contributed by atoms with Crippen molar-refractivity contribution in [2.24, 2.45) is 5.73 Å². The van der Waals surface area contributed by atoms with Crippen molar-refractivity contribution in [2.45, 2.75) is 32.4 Å². The zero-order valence-corrected chi connectivity index (χ0v) is 9.97. The molecule has 1 rings (SSSR count). The summed E-state index contributed by atoms with van der Waals surface area (Å²) >= 11 is 0. The molecule has 1 atom stereocenters. The maximum Gasteiger partial charge on any atom is 0.153 e. The van der Waals surface area contributed by atoms with Crippen LogP contribution in [0.5, 0.6) is 0 Å². The summed E-state index contributed by atoms with van der Waals surface area (Å²) in [4.78, 5) is 2.15. The van der Waals surface area contributed by atoms with E-state index < -0.39 is 9.84 Å². The van der Waals surface area contributed by atoms with Crippen LogP contribution in [-0.4, -0.2) is 49.5 Å². The Bertz CT molecular complexity index is 292. The van der Waals surface area contributed by atoms with E-state index in [2.05, 4.69) is 4.90 Å². The lowest BCUT2D eigenvalue weighted by molar-refractivity contribution is 0.188. The van der Waals surface area contributed by atoms with Gasteiger partial charge in [0.25, 0.3) is 0 Å². The summed E-state index contributed by atoms with van der Waals surface area (Å²) in [5, 5.41) is 0. The molecule has 0 amide bonds. The lowest BCUT2D eigenvalue weighted by atomic mass is 10.1. The third kappa shape index (κ3) is 3.55. The van der Waals surface area contributed by atoms with Crippen LogP contribution in [0.1, 0.15) is 20.8 Å². The van der Waals surface area contributed by atoms with E-state index in [-0.39, 0.29) is 23.1 Å². The number of rotatable bonds is 2. The summed E-state index contributed by atoms with van der Waals surface area (Å²) in [6, 6.07) is 0.0941. The molecule has 4 nitrogen and oxygen atoms in total. The molecule has 1 heterocycles. The van der Waals surface area contributed by atoms with Crippen molar-refractivity contribution in [3.05, 3.63) is 0 Å². The highest BCUT2D eigenvalue weighted by molar-refractivity contribution is 7.91. The molecule has 5 heteroatoms. The predicted molar refractivity (Wildman–Crippen MR) is 58.0 cm³/mol. The first kappa shape index (κ1) is 11.9. The van der Waals surface area contributed by atoms with Gasteiger partial charge in [0.15, 0.2) is 9.84 Å². The second-order valence-electron chi connectivity index (χ2n) is 4.92. The van der Waals surface area contributed by atoms with Crippen LogP contribution >= 0.6 is 0 Å².